The van der Waals surface area contributed by atoms with Crippen LogP contribution in [0.1, 0.15) is 35.0 Å². The summed E-state index contributed by atoms with van der Waals surface area (Å²) in [6.07, 6.45) is 5.26. The molecule has 144 valence electrons. The average molecular weight is 377 g/mol. The summed E-state index contributed by atoms with van der Waals surface area (Å²) in [4.78, 5) is 25.4. The molecule has 1 saturated heterocycles. The Morgan fingerprint density at radius 3 is 2.75 bits per heavy atom. The maximum Gasteiger partial charge on any atom is 0.253 e. The molecule has 28 heavy (non-hydrogen) atoms. The molecule has 0 N–H and O–H groups in total. The molecule has 0 aliphatic carbocycles. The highest BCUT2D eigenvalue weighted by atomic mass is 16.5. The minimum Gasteiger partial charge on any atom is -0.378 e. The zero-order valence-corrected chi connectivity index (χ0v) is 16.1. The number of piperidine rings is 1. The van der Waals surface area contributed by atoms with Gasteiger partial charge in [0.05, 0.1) is 5.92 Å². The number of aromatic nitrogens is 3. The highest BCUT2D eigenvalue weighted by Crippen LogP contribution is 2.28. The smallest absolute Gasteiger partial charge is 0.253 e. The van der Waals surface area contributed by atoms with Crippen LogP contribution in [0.15, 0.2) is 53.3 Å². The maximum absolute atomic E-state index is 12.9. The van der Waals surface area contributed by atoms with E-state index in [0.29, 0.717) is 23.8 Å². The van der Waals surface area contributed by atoms with E-state index in [9.17, 15) is 4.79 Å². The lowest BCUT2D eigenvalue weighted by molar-refractivity contribution is 0.0695. The first kappa shape index (κ1) is 18.2. The predicted octanol–water partition coefficient (Wildman–Crippen LogP) is 3.22. The van der Waals surface area contributed by atoms with Crippen molar-refractivity contribution in [1.82, 2.24) is 20.0 Å². The molecule has 0 bridgehead atoms. The second-order valence-electron chi connectivity index (χ2n) is 7.23. The average Bonchev–Trinajstić information content (AvgIpc) is 3.24. The van der Waals surface area contributed by atoms with Crippen LogP contribution < -0.4 is 4.90 Å². The fraction of sp³-hybridized carbons (Fsp3) is 0.333. The van der Waals surface area contributed by atoms with E-state index in [1.165, 1.54) is 0 Å². The van der Waals surface area contributed by atoms with Crippen LogP contribution in [0.5, 0.6) is 0 Å². The van der Waals surface area contributed by atoms with E-state index in [1.54, 1.807) is 12.4 Å². The van der Waals surface area contributed by atoms with Crippen LogP contribution in [0.4, 0.5) is 5.69 Å². The first-order chi connectivity index (χ1) is 13.6. The third kappa shape index (κ3) is 3.74. The van der Waals surface area contributed by atoms with Crippen molar-refractivity contribution in [2.24, 2.45) is 0 Å². The van der Waals surface area contributed by atoms with Gasteiger partial charge in [0.25, 0.3) is 5.91 Å². The monoisotopic (exact) mass is 377 g/mol. The molecule has 0 radical (unpaired) electrons. The largest absolute Gasteiger partial charge is 0.378 e. The van der Waals surface area contributed by atoms with Crippen LogP contribution in [-0.4, -0.2) is 53.1 Å². The molecule has 7 nitrogen and oxygen atoms in total. The Bertz CT molecular complexity index is 937. The highest BCUT2D eigenvalue weighted by molar-refractivity contribution is 5.94. The van der Waals surface area contributed by atoms with Crippen LogP contribution in [0.3, 0.4) is 0 Å². The minimum absolute atomic E-state index is 0.0435. The van der Waals surface area contributed by atoms with Crippen LogP contribution in [-0.2, 0) is 0 Å². The summed E-state index contributed by atoms with van der Waals surface area (Å²) >= 11 is 0. The summed E-state index contributed by atoms with van der Waals surface area (Å²) < 4.78 is 5.50. The van der Waals surface area contributed by atoms with Crippen molar-refractivity contribution in [3.8, 4) is 11.4 Å². The molecule has 3 heterocycles. The number of benzene rings is 1. The second-order valence-corrected chi connectivity index (χ2v) is 7.23. The van der Waals surface area contributed by atoms with E-state index in [4.69, 9.17) is 4.52 Å². The molecular weight excluding hydrogens is 354 g/mol. The zero-order valence-electron chi connectivity index (χ0n) is 16.1. The predicted molar refractivity (Wildman–Crippen MR) is 106 cm³/mol. The Morgan fingerprint density at radius 2 is 2.04 bits per heavy atom. The summed E-state index contributed by atoms with van der Waals surface area (Å²) in [5.74, 6) is 1.21. The van der Waals surface area contributed by atoms with E-state index in [1.807, 2.05) is 60.3 Å². The third-order valence-electron chi connectivity index (χ3n) is 5.05. The van der Waals surface area contributed by atoms with Gasteiger partial charge in [0.15, 0.2) is 0 Å². The number of hydrogen-bond donors (Lipinski definition) is 0. The molecule has 7 heteroatoms. The molecule has 0 unspecified atom stereocenters. The minimum atomic E-state index is 0.0435. The standard InChI is InChI=1S/C21H23N5O2/c1-25(2)18-9-7-15(8-10-18)21(27)26-12-4-6-17(14-26)20-23-19(24-28-20)16-5-3-11-22-13-16/h3,5,7-11,13,17H,4,6,12,14H2,1-2H3/t17-/m1/s1. The third-order valence-corrected chi connectivity index (χ3v) is 5.05. The Kier molecular flexibility index (Phi) is 5.06. The van der Waals surface area contributed by atoms with Gasteiger partial charge in [-0.15, -0.1) is 0 Å². The molecule has 0 saturated carbocycles. The van der Waals surface area contributed by atoms with E-state index in [0.717, 1.165) is 30.6 Å². The molecule has 1 atom stereocenters. The number of amides is 1. The summed E-state index contributed by atoms with van der Waals surface area (Å²) in [6.45, 7) is 1.33. The normalized spacial score (nSPS) is 16.8. The van der Waals surface area contributed by atoms with Crippen LogP contribution in [0, 0.1) is 0 Å². The quantitative estimate of drug-likeness (QED) is 0.695. The van der Waals surface area contributed by atoms with E-state index < -0.39 is 0 Å². The van der Waals surface area contributed by atoms with Gasteiger partial charge < -0.3 is 14.3 Å². The van der Waals surface area contributed by atoms with Crippen LogP contribution >= 0.6 is 0 Å². The van der Waals surface area contributed by atoms with Crippen molar-refractivity contribution in [2.45, 2.75) is 18.8 Å². The van der Waals surface area contributed by atoms with Gasteiger partial charge >= 0.3 is 0 Å². The second kappa shape index (κ2) is 7.80. The van der Waals surface area contributed by atoms with Gasteiger partial charge in [-0.2, -0.15) is 4.98 Å². The molecule has 2 aromatic heterocycles. The topological polar surface area (TPSA) is 75.4 Å². The van der Waals surface area contributed by atoms with Gasteiger partial charge in [-0.1, -0.05) is 5.16 Å². The number of anilines is 1. The molecule has 3 aromatic rings. The Labute approximate surface area is 164 Å². The van der Waals surface area contributed by atoms with E-state index >= 15 is 0 Å². The van der Waals surface area contributed by atoms with Gasteiger partial charge in [-0.25, -0.2) is 0 Å². The Hall–Kier alpha value is -3.22. The number of rotatable bonds is 4. The molecule has 0 spiro atoms. The van der Waals surface area contributed by atoms with Crippen LogP contribution in [0.2, 0.25) is 0 Å². The van der Waals surface area contributed by atoms with Crippen molar-refractivity contribution in [3.63, 3.8) is 0 Å². The summed E-state index contributed by atoms with van der Waals surface area (Å²) in [5, 5.41) is 4.08. The maximum atomic E-state index is 12.9. The van der Waals surface area contributed by atoms with Crippen molar-refractivity contribution in [1.29, 1.82) is 0 Å². The molecule has 4 rings (SSSR count). The number of nitrogens with zero attached hydrogens (tertiary/aromatic N) is 5. The van der Waals surface area contributed by atoms with E-state index in [2.05, 4.69) is 15.1 Å². The summed E-state index contributed by atoms with van der Waals surface area (Å²) in [6, 6.07) is 11.4. The number of likely N-dealkylation sites (tertiary alicyclic amines) is 1. The molecule has 1 amide bonds. The SMILES string of the molecule is CN(C)c1ccc(C(=O)N2CCC[C@@H](c3nc(-c4cccnc4)no3)C2)cc1. The first-order valence-corrected chi connectivity index (χ1v) is 9.42. The summed E-state index contributed by atoms with van der Waals surface area (Å²) in [7, 11) is 3.96. The van der Waals surface area contributed by atoms with Gasteiger partial charge in [-0.3, -0.25) is 9.78 Å². The summed E-state index contributed by atoms with van der Waals surface area (Å²) in [5.41, 5.74) is 2.59. The highest BCUT2D eigenvalue weighted by Gasteiger charge is 2.29. The van der Waals surface area contributed by atoms with Crippen LogP contribution in [0.25, 0.3) is 11.4 Å². The van der Waals surface area contributed by atoms with Crippen molar-refractivity contribution < 1.29 is 9.32 Å². The lowest BCUT2D eigenvalue weighted by Crippen LogP contribution is -2.39. The fourth-order valence-corrected chi connectivity index (χ4v) is 3.46. The number of carbonyl (C=O) groups excluding carboxylic acids is 1. The van der Waals surface area contributed by atoms with Crippen molar-refractivity contribution in [2.75, 3.05) is 32.1 Å². The number of carbonyl (C=O) groups is 1. The first-order valence-electron chi connectivity index (χ1n) is 9.42. The lowest BCUT2D eigenvalue weighted by atomic mass is 9.97. The zero-order chi connectivity index (χ0) is 19.5. The molecular formula is C21H23N5O2. The van der Waals surface area contributed by atoms with Gasteiger partial charge in [0.1, 0.15) is 0 Å². The molecule has 1 aliphatic rings. The molecule has 1 aliphatic heterocycles. The van der Waals surface area contributed by atoms with Gasteiger partial charge in [0, 0.05) is 56.4 Å². The molecule has 1 fully saturated rings. The number of hydrogen-bond acceptors (Lipinski definition) is 6. The Morgan fingerprint density at radius 1 is 1.21 bits per heavy atom. The van der Waals surface area contributed by atoms with Gasteiger partial charge in [-0.05, 0) is 49.2 Å². The Balaban J connectivity index is 1.47. The lowest BCUT2D eigenvalue weighted by Gasteiger charge is -2.31. The van der Waals surface area contributed by atoms with Gasteiger partial charge in [0.2, 0.25) is 11.7 Å². The van der Waals surface area contributed by atoms with E-state index in [-0.39, 0.29) is 11.8 Å². The van der Waals surface area contributed by atoms with Crippen molar-refractivity contribution in [3.05, 3.63) is 60.2 Å². The molecule has 1 aromatic carbocycles. The van der Waals surface area contributed by atoms with Crippen molar-refractivity contribution >= 4 is 11.6 Å². The fourth-order valence-electron chi connectivity index (χ4n) is 3.46. The number of pyridine rings is 1.